The van der Waals surface area contributed by atoms with E-state index >= 15 is 0 Å². The molecule has 0 bridgehead atoms. The number of benzene rings is 1. The van der Waals surface area contributed by atoms with Gasteiger partial charge in [-0.2, -0.15) is 0 Å². The van der Waals surface area contributed by atoms with Gasteiger partial charge in [-0.15, -0.1) is 0 Å². The smallest absolute Gasteiger partial charge is 0.274 e. The first-order chi connectivity index (χ1) is 12.1. The molecule has 0 aliphatic heterocycles. The summed E-state index contributed by atoms with van der Waals surface area (Å²) in [5, 5.41) is 6.00. The number of pyridine rings is 1. The Bertz CT molecular complexity index is 692. The first-order valence-corrected chi connectivity index (χ1v) is 7.94. The Morgan fingerprint density at radius 1 is 1.04 bits per heavy atom. The molecular weight excluding hydrogens is 322 g/mol. The normalized spacial score (nSPS) is 10.1. The van der Waals surface area contributed by atoms with Gasteiger partial charge < -0.3 is 24.8 Å². The average molecular weight is 345 g/mol. The predicted octanol–water partition coefficient (Wildman–Crippen LogP) is 3.18. The second-order valence-electron chi connectivity index (χ2n) is 5.23. The number of carbonyl (C=O) groups excluding carboxylic acids is 1. The molecule has 0 saturated carbocycles. The van der Waals surface area contributed by atoms with Crippen molar-refractivity contribution in [3.05, 3.63) is 36.2 Å². The summed E-state index contributed by atoms with van der Waals surface area (Å²) in [6.07, 6.45) is 2.66. The van der Waals surface area contributed by atoms with Crippen molar-refractivity contribution in [2.45, 2.75) is 13.3 Å². The largest absolute Gasteiger partial charge is 0.493 e. The molecule has 0 fully saturated rings. The van der Waals surface area contributed by atoms with Crippen LogP contribution in [-0.2, 0) is 0 Å². The molecular formula is C18H23N3O4. The van der Waals surface area contributed by atoms with Crippen LogP contribution in [0.1, 0.15) is 23.8 Å². The van der Waals surface area contributed by atoms with Crippen molar-refractivity contribution < 1.29 is 19.0 Å². The number of aromatic nitrogens is 1. The highest BCUT2D eigenvalue weighted by atomic mass is 16.5. The first-order valence-electron chi connectivity index (χ1n) is 7.94. The third kappa shape index (κ3) is 4.53. The summed E-state index contributed by atoms with van der Waals surface area (Å²) >= 11 is 0. The highest BCUT2D eigenvalue weighted by molar-refractivity contribution is 6.03. The zero-order valence-corrected chi connectivity index (χ0v) is 14.9. The first kappa shape index (κ1) is 18.4. The average Bonchev–Trinajstić information content (AvgIpc) is 2.65. The predicted molar refractivity (Wildman–Crippen MR) is 97.1 cm³/mol. The minimum Gasteiger partial charge on any atom is -0.493 e. The van der Waals surface area contributed by atoms with Crippen LogP contribution in [0.25, 0.3) is 0 Å². The van der Waals surface area contributed by atoms with E-state index in [0.29, 0.717) is 28.6 Å². The van der Waals surface area contributed by atoms with E-state index in [4.69, 9.17) is 14.2 Å². The molecule has 7 nitrogen and oxygen atoms in total. The molecule has 0 spiro atoms. The van der Waals surface area contributed by atoms with Gasteiger partial charge in [-0.05, 0) is 18.6 Å². The van der Waals surface area contributed by atoms with Gasteiger partial charge in [-0.1, -0.05) is 6.92 Å². The number of hydrogen-bond acceptors (Lipinski definition) is 6. The Morgan fingerprint density at radius 2 is 1.72 bits per heavy atom. The van der Waals surface area contributed by atoms with Crippen molar-refractivity contribution in [2.24, 2.45) is 0 Å². The molecule has 0 radical (unpaired) electrons. The van der Waals surface area contributed by atoms with Crippen LogP contribution in [0.4, 0.5) is 11.4 Å². The Kier molecular flexibility index (Phi) is 6.45. The number of ether oxygens (including phenoxy) is 3. The van der Waals surface area contributed by atoms with Crippen molar-refractivity contribution in [1.82, 2.24) is 4.98 Å². The number of carbonyl (C=O) groups is 1. The fourth-order valence-corrected chi connectivity index (χ4v) is 2.25. The maximum Gasteiger partial charge on any atom is 0.274 e. The van der Waals surface area contributed by atoms with Crippen LogP contribution in [0.2, 0.25) is 0 Å². The highest BCUT2D eigenvalue weighted by Gasteiger charge is 2.15. The number of methoxy groups -OCH3 is 3. The van der Waals surface area contributed by atoms with Crippen molar-refractivity contribution >= 4 is 17.3 Å². The van der Waals surface area contributed by atoms with Crippen LogP contribution in [0.3, 0.4) is 0 Å². The Morgan fingerprint density at radius 3 is 2.20 bits per heavy atom. The monoisotopic (exact) mass is 345 g/mol. The van der Waals surface area contributed by atoms with Crippen molar-refractivity contribution in [2.75, 3.05) is 38.5 Å². The number of hydrogen-bond donors (Lipinski definition) is 2. The van der Waals surface area contributed by atoms with Crippen molar-refractivity contribution in [3.63, 3.8) is 0 Å². The summed E-state index contributed by atoms with van der Waals surface area (Å²) in [7, 11) is 4.57. The lowest BCUT2D eigenvalue weighted by Crippen LogP contribution is -2.14. The zero-order chi connectivity index (χ0) is 18.2. The second kappa shape index (κ2) is 8.77. The maximum atomic E-state index is 12.4. The number of rotatable bonds is 8. The van der Waals surface area contributed by atoms with E-state index in [9.17, 15) is 4.79 Å². The topological polar surface area (TPSA) is 81.7 Å². The molecule has 1 aromatic carbocycles. The van der Waals surface area contributed by atoms with Gasteiger partial charge in [0.05, 0.1) is 33.2 Å². The minimum atomic E-state index is -0.323. The van der Waals surface area contributed by atoms with Gasteiger partial charge in [0, 0.05) is 24.4 Å². The molecule has 2 rings (SSSR count). The number of anilines is 2. The van der Waals surface area contributed by atoms with E-state index in [-0.39, 0.29) is 5.91 Å². The minimum absolute atomic E-state index is 0.316. The van der Waals surface area contributed by atoms with Crippen LogP contribution in [0.15, 0.2) is 30.5 Å². The fraction of sp³-hybridized carbons (Fsp3) is 0.333. The summed E-state index contributed by atoms with van der Waals surface area (Å²) in [5.41, 5.74) is 1.72. The SMILES string of the molecule is CCCNc1ccc(C(=O)Nc2cc(OC)c(OC)c(OC)c2)nc1. The molecule has 25 heavy (non-hydrogen) atoms. The van der Waals surface area contributed by atoms with Crippen LogP contribution < -0.4 is 24.8 Å². The van der Waals surface area contributed by atoms with Gasteiger partial charge in [0.1, 0.15) is 5.69 Å². The van der Waals surface area contributed by atoms with E-state index in [1.54, 1.807) is 24.4 Å². The van der Waals surface area contributed by atoms with E-state index in [0.717, 1.165) is 18.7 Å². The quantitative estimate of drug-likeness (QED) is 0.765. The molecule has 2 N–H and O–H groups in total. The van der Waals surface area contributed by atoms with Gasteiger partial charge in [0.15, 0.2) is 11.5 Å². The van der Waals surface area contributed by atoms with E-state index in [1.165, 1.54) is 21.3 Å². The molecule has 0 unspecified atom stereocenters. The Labute approximate surface area is 147 Å². The molecule has 2 aromatic rings. The maximum absolute atomic E-state index is 12.4. The molecule has 0 aliphatic rings. The van der Waals surface area contributed by atoms with E-state index in [2.05, 4.69) is 22.5 Å². The zero-order valence-electron chi connectivity index (χ0n) is 14.9. The lowest BCUT2D eigenvalue weighted by atomic mass is 10.2. The summed E-state index contributed by atoms with van der Waals surface area (Å²) in [5.74, 6) is 1.07. The molecule has 134 valence electrons. The Hall–Kier alpha value is -2.96. The van der Waals surface area contributed by atoms with E-state index < -0.39 is 0 Å². The van der Waals surface area contributed by atoms with Crippen molar-refractivity contribution in [3.8, 4) is 17.2 Å². The van der Waals surface area contributed by atoms with Gasteiger partial charge in [0.2, 0.25) is 5.75 Å². The van der Waals surface area contributed by atoms with Crippen LogP contribution >= 0.6 is 0 Å². The van der Waals surface area contributed by atoms with Gasteiger partial charge in [-0.25, -0.2) is 4.98 Å². The summed E-state index contributed by atoms with van der Waals surface area (Å²) in [4.78, 5) is 16.6. The number of amides is 1. The Balaban J connectivity index is 2.17. The van der Waals surface area contributed by atoms with Gasteiger partial charge in [-0.3, -0.25) is 4.79 Å². The molecule has 1 aromatic heterocycles. The standard InChI is InChI=1S/C18H23N3O4/c1-5-8-19-12-6-7-14(20-11-12)18(22)21-13-9-15(23-2)17(25-4)16(10-13)24-3/h6-7,9-11,19H,5,8H2,1-4H3,(H,21,22). The molecule has 1 heterocycles. The summed E-state index contributed by atoms with van der Waals surface area (Å²) < 4.78 is 15.8. The molecule has 0 aliphatic carbocycles. The van der Waals surface area contributed by atoms with Crippen LogP contribution in [0.5, 0.6) is 17.2 Å². The van der Waals surface area contributed by atoms with Gasteiger partial charge in [0.25, 0.3) is 5.91 Å². The molecule has 7 heteroatoms. The molecule has 0 saturated heterocycles. The third-order valence-electron chi connectivity index (χ3n) is 3.50. The van der Waals surface area contributed by atoms with Gasteiger partial charge >= 0.3 is 0 Å². The lowest BCUT2D eigenvalue weighted by molar-refractivity contribution is 0.102. The third-order valence-corrected chi connectivity index (χ3v) is 3.50. The van der Waals surface area contributed by atoms with Crippen molar-refractivity contribution in [1.29, 1.82) is 0 Å². The molecule has 1 amide bonds. The molecule has 0 atom stereocenters. The summed E-state index contributed by atoms with van der Waals surface area (Å²) in [6, 6.07) is 6.82. The highest BCUT2D eigenvalue weighted by Crippen LogP contribution is 2.39. The van der Waals surface area contributed by atoms with Crippen LogP contribution in [-0.4, -0.2) is 38.8 Å². The van der Waals surface area contributed by atoms with E-state index in [1.807, 2.05) is 6.07 Å². The number of nitrogens with zero attached hydrogens (tertiary/aromatic N) is 1. The van der Waals surface area contributed by atoms with Crippen LogP contribution in [0, 0.1) is 0 Å². The summed E-state index contributed by atoms with van der Waals surface area (Å²) in [6.45, 7) is 2.94. The fourth-order valence-electron chi connectivity index (χ4n) is 2.25. The number of nitrogens with one attached hydrogen (secondary N) is 2. The lowest BCUT2D eigenvalue weighted by Gasteiger charge is -2.14. The second-order valence-corrected chi connectivity index (χ2v) is 5.23.